The van der Waals surface area contributed by atoms with E-state index in [9.17, 15) is 22.8 Å². The number of imide groups is 1. The Balaban J connectivity index is 1.33. The number of rotatable bonds is 9. The van der Waals surface area contributed by atoms with Crippen molar-refractivity contribution in [3.8, 4) is 5.75 Å². The molecule has 0 aromatic heterocycles. The first kappa shape index (κ1) is 26.0. The molecule has 36 heavy (non-hydrogen) atoms. The predicted molar refractivity (Wildman–Crippen MR) is 132 cm³/mol. The molecular weight excluding hydrogens is 471 g/mol. The highest BCUT2D eigenvalue weighted by Crippen LogP contribution is 2.33. The van der Waals surface area contributed by atoms with Crippen molar-refractivity contribution in [3.63, 3.8) is 0 Å². The van der Waals surface area contributed by atoms with Gasteiger partial charge in [0.1, 0.15) is 5.75 Å². The van der Waals surface area contributed by atoms with Crippen molar-refractivity contribution in [2.45, 2.75) is 51.2 Å². The fraction of sp³-hybridized carbons (Fsp3) is 0.481. The number of piperazine rings is 1. The van der Waals surface area contributed by atoms with E-state index in [1.807, 2.05) is 9.80 Å². The van der Waals surface area contributed by atoms with Crippen LogP contribution < -0.4 is 14.5 Å². The van der Waals surface area contributed by atoms with Crippen LogP contribution in [0.1, 0.15) is 44.6 Å². The van der Waals surface area contributed by atoms with E-state index in [0.717, 1.165) is 25.0 Å². The number of carbonyl (C=O) groups is 2. The molecular formula is C27H32F3N3O3. The van der Waals surface area contributed by atoms with Crippen LogP contribution in [0.4, 0.5) is 24.5 Å². The van der Waals surface area contributed by atoms with Crippen LogP contribution in [0.25, 0.3) is 0 Å². The molecule has 2 heterocycles. The van der Waals surface area contributed by atoms with Gasteiger partial charge in [0, 0.05) is 31.9 Å². The van der Waals surface area contributed by atoms with Crippen LogP contribution >= 0.6 is 0 Å². The molecule has 4 rings (SSSR count). The van der Waals surface area contributed by atoms with Crippen molar-refractivity contribution >= 4 is 23.2 Å². The van der Waals surface area contributed by atoms with Gasteiger partial charge >= 0.3 is 6.18 Å². The number of benzene rings is 2. The number of unbranched alkanes of at least 4 members (excludes halogenated alkanes) is 3. The van der Waals surface area contributed by atoms with Crippen LogP contribution in [0.5, 0.6) is 5.75 Å². The third kappa shape index (κ3) is 6.00. The second-order valence-corrected chi connectivity index (χ2v) is 9.26. The Morgan fingerprint density at radius 1 is 0.917 bits per heavy atom. The van der Waals surface area contributed by atoms with E-state index in [4.69, 9.17) is 4.74 Å². The second kappa shape index (κ2) is 11.3. The molecule has 2 aromatic rings. The SMILES string of the molecule is CCCCCCOc1ccc(N2C(=O)C[C@H](N3CCN(c4cccc(C(F)(F)F)c4)CC3)C2=O)cc1. The van der Waals surface area contributed by atoms with Crippen LogP contribution in [0.15, 0.2) is 48.5 Å². The molecule has 0 bridgehead atoms. The molecule has 9 heteroatoms. The zero-order valence-electron chi connectivity index (χ0n) is 20.5. The molecule has 0 radical (unpaired) electrons. The van der Waals surface area contributed by atoms with Crippen molar-refractivity contribution in [3.05, 3.63) is 54.1 Å². The summed E-state index contributed by atoms with van der Waals surface area (Å²) in [6.45, 7) is 4.71. The quantitative estimate of drug-likeness (QED) is 0.351. The molecule has 0 saturated carbocycles. The normalized spacial score (nSPS) is 19.3. The second-order valence-electron chi connectivity index (χ2n) is 9.26. The van der Waals surface area contributed by atoms with Crippen LogP contribution in [0.3, 0.4) is 0 Å². The van der Waals surface area contributed by atoms with Gasteiger partial charge in [-0.1, -0.05) is 32.3 Å². The minimum atomic E-state index is -4.39. The Morgan fingerprint density at radius 3 is 2.31 bits per heavy atom. The molecule has 2 aliphatic rings. The highest BCUT2D eigenvalue weighted by Gasteiger charge is 2.43. The number of alkyl halides is 3. The molecule has 2 saturated heterocycles. The summed E-state index contributed by atoms with van der Waals surface area (Å²) in [6.07, 6.45) is 0.166. The van der Waals surface area contributed by atoms with E-state index in [-0.39, 0.29) is 18.2 Å². The highest BCUT2D eigenvalue weighted by molar-refractivity contribution is 6.22. The standard InChI is InChI=1S/C27H32F3N3O3/c1-2-3-4-5-17-36-23-11-9-21(10-12-23)33-25(34)19-24(26(33)35)32-15-13-31(14-16-32)22-8-6-7-20(18-22)27(28,29)30/h6-12,18,24H,2-5,13-17,19H2,1H3/t24-/m0/s1. The van der Waals surface area contributed by atoms with Gasteiger partial charge in [0.2, 0.25) is 5.91 Å². The Hall–Kier alpha value is -3.07. The van der Waals surface area contributed by atoms with E-state index < -0.39 is 17.8 Å². The number of carbonyl (C=O) groups excluding carboxylic acids is 2. The molecule has 0 N–H and O–H groups in total. The molecule has 2 fully saturated rings. The molecule has 6 nitrogen and oxygen atoms in total. The smallest absolute Gasteiger partial charge is 0.416 e. The lowest BCUT2D eigenvalue weighted by Gasteiger charge is -2.38. The van der Waals surface area contributed by atoms with Gasteiger partial charge in [-0.05, 0) is 48.9 Å². The number of anilines is 2. The summed E-state index contributed by atoms with van der Waals surface area (Å²) in [5.41, 5.74) is 0.351. The van der Waals surface area contributed by atoms with E-state index in [0.29, 0.717) is 49.9 Å². The molecule has 2 aliphatic heterocycles. The predicted octanol–water partition coefficient (Wildman–Crippen LogP) is 5.12. The summed E-state index contributed by atoms with van der Waals surface area (Å²) >= 11 is 0. The zero-order valence-corrected chi connectivity index (χ0v) is 20.5. The molecule has 2 amide bonds. The topological polar surface area (TPSA) is 53.1 Å². The third-order valence-corrected chi connectivity index (χ3v) is 6.78. The fourth-order valence-electron chi connectivity index (χ4n) is 4.75. The molecule has 1 atom stereocenters. The number of hydrogen-bond donors (Lipinski definition) is 0. The first-order chi connectivity index (χ1) is 17.3. The van der Waals surface area contributed by atoms with Crippen LogP contribution in [-0.2, 0) is 15.8 Å². The van der Waals surface area contributed by atoms with Gasteiger partial charge in [-0.25, -0.2) is 4.90 Å². The zero-order chi connectivity index (χ0) is 25.7. The molecule has 0 unspecified atom stereocenters. The monoisotopic (exact) mass is 503 g/mol. The minimum absolute atomic E-state index is 0.0953. The number of hydrogen-bond acceptors (Lipinski definition) is 5. The van der Waals surface area contributed by atoms with Crippen molar-refractivity contribution in [1.82, 2.24) is 4.90 Å². The van der Waals surface area contributed by atoms with Crippen molar-refractivity contribution in [1.29, 1.82) is 0 Å². The lowest BCUT2D eigenvalue weighted by atomic mass is 10.1. The summed E-state index contributed by atoms with van der Waals surface area (Å²) in [4.78, 5) is 31.0. The van der Waals surface area contributed by atoms with Crippen LogP contribution in [0, 0.1) is 0 Å². The molecule has 2 aromatic carbocycles. The van der Waals surface area contributed by atoms with Gasteiger partial charge in [-0.15, -0.1) is 0 Å². The van der Waals surface area contributed by atoms with Gasteiger partial charge in [-0.2, -0.15) is 13.2 Å². The highest BCUT2D eigenvalue weighted by atomic mass is 19.4. The van der Waals surface area contributed by atoms with E-state index in [1.54, 1.807) is 30.3 Å². The Kier molecular flexibility index (Phi) is 8.18. The van der Waals surface area contributed by atoms with Crippen molar-refractivity contribution < 1.29 is 27.5 Å². The Morgan fingerprint density at radius 2 is 1.64 bits per heavy atom. The van der Waals surface area contributed by atoms with Gasteiger partial charge in [-0.3, -0.25) is 14.5 Å². The Bertz CT molecular complexity index is 1050. The lowest BCUT2D eigenvalue weighted by molar-refractivity contribution is -0.137. The van der Waals surface area contributed by atoms with Gasteiger partial charge < -0.3 is 9.64 Å². The van der Waals surface area contributed by atoms with Gasteiger partial charge in [0.05, 0.1) is 30.3 Å². The van der Waals surface area contributed by atoms with E-state index in [2.05, 4.69) is 6.92 Å². The van der Waals surface area contributed by atoms with Crippen molar-refractivity contribution in [2.75, 3.05) is 42.6 Å². The van der Waals surface area contributed by atoms with Crippen molar-refractivity contribution in [2.24, 2.45) is 0 Å². The number of amides is 2. The van der Waals surface area contributed by atoms with E-state index in [1.165, 1.54) is 23.8 Å². The summed E-state index contributed by atoms with van der Waals surface area (Å²) in [7, 11) is 0. The average Bonchev–Trinajstić information content (AvgIpc) is 3.17. The van der Waals surface area contributed by atoms with Gasteiger partial charge in [0.25, 0.3) is 5.91 Å². The third-order valence-electron chi connectivity index (χ3n) is 6.78. The maximum absolute atomic E-state index is 13.2. The first-order valence-electron chi connectivity index (χ1n) is 12.5. The van der Waals surface area contributed by atoms with Crippen LogP contribution in [0.2, 0.25) is 0 Å². The largest absolute Gasteiger partial charge is 0.494 e. The minimum Gasteiger partial charge on any atom is -0.494 e. The summed E-state index contributed by atoms with van der Waals surface area (Å²) in [5, 5.41) is 0. The average molecular weight is 504 g/mol. The first-order valence-corrected chi connectivity index (χ1v) is 12.5. The summed E-state index contributed by atoms with van der Waals surface area (Å²) < 4.78 is 45.0. The number of ether oxygens (including phenoxy) is 1. The molecule has 0 spiro atoms. The molecule has 194 valence electrons. The fourth-order valence-corrected chi connectivity index (χ4v) is 4.75. The lowest BCUT2D eigenvalue weighted by Crippen LogP contribution is -2.52. The Labute approximate surface area is 209 Å². The van der Waals surface area contributed by atoms with E-state index >= 15 is 0 Å². The molecule has 0 aliphatic carbocycles. The van der Waals surface area contributed by atoms with Gasteiger partial charge in [0.15, 0.2) is 0 Å². The van der Waals surface area contributed by atoms with Crippen LogP contribution in [-0.4, -0.2) is 55.5 Å². The maximum Gasteiger partial charge on any atom is 0.416 e. The summed E-state index contributed by atoms with van der Waals surface area (Å²) in [5.74, 6) is 0.191. The maximum atomic E-state index is 13.2. The number of nitrogens with zero attached hydrogens (tertiary/aromatic N) is 3. The summed E-state index contributed by atoms with van der Waals surface area (Å²) in [6, 6.07) is 11.7. The number of halogens is 3.